The normalized spacial score (nSPS) is 19.4. The van der Waals surface area contributed by atoms with E-state index < -0.39 is 0 Å². The van der Waals surface area contributed by atoms with Gasteiger partial charge in [-0.05, 0) is 70.2 Å². The highest BCUT2D eigenvalue weighted by molar-refractivity contribution is 5.54. The molecule has 1 aliphatic heterocycles. The quantitative estimate of drug-likeness (QED) is 0.845. The second-order valence-corrected chi connectivity index (χ2v) is 6.88. The molecule has 3 rings (SSSR count). The number of hydrogen-bond acceptors (Lipinski definition) is 3. The van der Waals surface area contributed by atoms with Crippen LogP contribution in [0.3, 0.4) is 0 Å². The summed E-state index contributed by atoms with van der Waals surface area (Å²) in [6, 6.07) is 7.07. The summed E-state index contributed by atoms with van der Waals surface area (Å²) in [6.07, 6.45) is 7.70. The van der Waals surface area contributed by atoms with Crippen molar-refractivity contribution in [2.24, 2.45) is 5.92 Å². The number of likely N-dealkylation sites (tertiary alicyclic amines) is 1. The maximum absolute atomic E-state index is 4.67. The Hall–Kier alpha value is -1.68. The predicted molar refractivity (Wildman–Crippen MR) is 94.3 cm³/mol. The summed E-state index contributed by atoms with van der Waals surface area (Å²) < 4.78 is 1.99. The number of aromatic nitrogens is 3. The smallest absolute Gasteiger partial charge is 0.0883 e. The molecule has 4 nitrogen and oxygen atoms in total. The number of piperidine rings is 1. The van der Waals surface area contributed by atoms with Crippen LogP contribution >= 0.6 is 0 Å². The Bertz CT molecular complexity index is 615. The second-order valence-electron chi connectivity index (χ2n) is 6.88. The molecule has 23 heavy (non-hydrogen) atoms. The van der Waals surface area contributed by atoms with Crippen molar-refractivity contribution in [1.82, 2.24) is 19.7 Å². The molecule has 0 bridgehead atoms. The fraction of sp³-hybridized carbons (Fsp3) is 0.579. The summed E-state index contributed by atoms with van der Waals surface area (Å²) in [7, 11) is 0. The lowest BCUT2D eigenvalue weighted by molar-refractivity contribution is 0.139. The fourth-order valence-electron chi connectivity index (χ4n) is 3.57. The van der Waals surface area contributed by atoms with Crippen LogP contribution < -0.4 is 0 Å². The Labute approximate surface area is 139 Å². The molecule has 0 unspecified atom stereocenters. The third kappa shape index (κ3) is 3.81. The van der Waals surface area contributed by atoms with Gasteiger partial charge in [0.2, 0.25) is 0 Å². The van der Waals surface area contributed by atoms with Crippen molar-refractivity contribution in [3.05, 3.63) is 36.2 Å². The van der Waals surface area contributed by atoms with E-state index in [2.05, 4.69) is 54.1 Å². The van der Waals surface area contributed by atoms with E-state index in [9.17, 15) is 0 Å². The van der Waals surface area contributed by atoms with Crippen LogP contribution in [0, 0.1) is 5.92 Å². The highest BCUT2D eigenvalue weighted by Crippen LogP contribution is 2.23. The maximum atomic E-state index is 4.67. The van der Waals surface area contributed by atoms with Gasteiger partial charge in [-0.1, -0.05) is 6.07 Å². The SMILES string of the molecule is CCn1nccc1-c1ccc(C[C@H]2CCCN(C(C)C)C2)cn1. The Balaban J connectivity index is 1.66. The molecule has 1 fully saturated rings. The third-order valence-corrected chi connectivity index (χ3v) is 4.91. The number of hydrogen-bond donors (Lipinski definition) is 0. The van der Waals surface area contributed by atoms with Crippen LogP contribution in [0.15, 0.2) is 30.6 Å². The number of rotatable bonds is 5. The van der Waals surface area contributed by atoms with Crippen molar-refractivity contribution in [1.29, 1.82) is 0 Å². The lowest BCUT2D eigenvalue weighted by atomic mass is 9.91. The second kappa shape index (κ2) is 7.26. The number of pyridine rings is 1. The molecule has 1 atom stereocenters. The summed E-state index contributed by atoms with van der Waals surface area (Å²) in [5, 5.41) is 4.32. The molecule has 2 aromatic rings. The first-order valence-electron chi connectivity index (χ1n) is 8.88. The molecule has 0 N–H and O–H groups in total. The van der Waals surface area contributed by atoms with Gasteiger partial charge in [-0.15, -0.1) is 0 Å². The molecular formula is C19H28N4. The van der Waals surface area contributed by atoms with Crippen LogP contribution in [0.5, 0.6) is 0 Å². The van der Waals surface area contributed by atoms with Crippen LogP contribution in [0.25, 0.3) is 11.4 Å². The lowest BCUT2D eigenvalue weighted by Crippen LogP contribution is -2.40. The minimum atomic E-state index is 0.660. The lowest BCUT2D eigenvalue weighted by Gasteiger charge is -2.35. The highest BCUT2D eigenvalue weighted by Gasteiger charge is 2.21. The van der Waals surface area contributed by atoms with E-state index >= 15 is 0 Å². The summed E-state index contributed by atoms with van der Waals surface area (Å²) in [5.74, 6) is 0.764. The molecule has 1 saturated heterocycles. The molecular weight excluding hydrogens is 284 g/mol. The topological polar surface area (TPSA) is 34.0 Å². The highest BCUT2D eigenvalue weighted by atomic mass is 15.3. The van der Waals surface area contributed by atoms with Crippen molar-refractivity contribution >= 4 is 0 Å². The Morgan fingerprint density at radius 1 is 1.26 bits per heavy atom. The zero-order valence-electron chi connectivity index (χ0n) is 14.6. The van der Waals surface area contributed by atoms with E-state index in [1.807, 2.05) is 16.9 Å². The minimum absolute atomic E-state index is 0.660. The molecule has 3 heterocycles. The summed E-state index contributed by atoms with van der Waals surface area (Å²) >= 11 is 0. The molecule has 0 aliphatic carbocycles. The summed E-state index contributed by atoms with van der Waals surface area (Å²) in [5.41, 5.74) is 3.47. The van der Waals surface area contributed by atoms with E-state index in [1.165, 1.54) is 31.5 Å². The van der Waals surface area contributed by atoms with Crippen molar-refractivity contribution in [2.75, 3.05) is 13.1 Å². The molecule has 0 amide bonds. The van der Waals surface area contributed by atoms with Gasteiger partial charge in [0.15, 0.2) is 0 Å². The Morgan fingerprint density at radius 3 is 2.83 bits per heavy atom. The summed E-state index contributed by atoms with van der Waals surface area (Å²) in [4.78, 5) is 7.28. The van der Waals surface area contributed by atoms with Gasteiger partial charge in [0.1, 0.15) is 0 Å². The van der Waals surface area contributed by atoms with E-state index in [-0.39, 0.29) is 0 Å². The Kier molecular flexibility index (Phi) is 5.11. The largest absolute Gasteiger partial charge is 0.301 e. The van der Waals surface area contributed by atoms with Crippen LogP contribution in [-0.2, 0) is 13.0 Å². The fourth-order valence-corrected chi connectivity index (χ4v) is 3.57. The standard InChI is InChI=1S/C19H28N4/c1-4-23-19(9-10-21-23)18-8-7-16(13-20-18)12-17-6-5-11-22(14-17)15(2)3/h7-10,13,15,17H,4-6,11-12,14H2,1-3H3/t17-/m1/s1. The summed E-state index contributed by atoms with van der Waals surface area (Å²) in [6.45, 7) is 10.1. The average Bonchev–Trinajstić information content (AvgIpc) is 3.04. The monoisotopic (exact) mass is 312 g/mol. The third-order valence-electron chi connectivity index (χ3n) is 4.91. The van der Waals surface area contributed by atoms with Crippen molar-refractivity contribution in [3.63, 3.8) is 0 Å². The first-order valence-corrected chi connectivity index (χ1v) is 8.88. The van der Waals surface area contributed by atoms with Crippen LogP contribution in [0.1, 0.15) is 39.2 Å². The average molecular weight is 312 g/mol. The first-order chi connectivity index (χ1) is 11.2. The van der Waals surface area contributed by atoms with Crippen LogP contribution in [-0.4, -0.2) is 38.8 Å². The zero-order chi connectivity index (χ0) is 16.2. The molecule has 0 radical (unpaired) electrons. The molecule has 124 valence electrons. The molecule has 4 heteroatoms. The van der Waals surface area contributed by atoms with Crippen LogP contribution in [0.4, 0.5) is 0 Å². The van der Waals surface area contributed by atoms with Gasteiger partial charge >= 0.3 is 0 Å². The van der Waals surface area contributed by atoms with Crippen molar-refractivity contribution in [2.45, 2.75) is 52.6 Å². The van der Waals surface area contributed by atoms with Gasteiger partial charge < -0.3 is 4.90 Å². The minimum Gasteiger partial charge on any atom is -0.301 e. The Morgan fingerprint density at radius 2 is 2.13 bits per heavy atom. The molecule has 0 spiro atoms. The predicted octanol–water partition coefficient (Wildman–Crippen LogP) is 3.63. The van der Waals surface area contributed by atoms with Gasteiger partial charge in [0.05, 0.1) is 11.4 Å². The maximum Gasteiger partial charge on any atom is 0.0883 e. The van der Waals surface area contributed by atoms with Crippen LogP contribution in [0.2, 0.25) is 0 Å². The van der Waals surface area contributed by atoms with Crippen molar-refractivity contribution < 1.29 is 0 Å². The molecule has 0 aromatic carbocycles. The molecule has 1 aliphatic rings. The van der Waals surface area contributed by atoms with Crippen molar-refractivity contribution in [3.8, 4) is 11.4 Å². The number of nitrogens with zero attached hydrogens (tertiary/aromatic N) is 4. The molecule has 0 saturated carbocycles. The molecule has 2 aromatic heterocycles. The zero-order valence-corrected chi connectivity index (χ0v) is 14.6. The van der Waals surface area contributed by atoms with E-state index in [0.29, 0.717) is 6.04 Å². The van der Waals surface area contributed by atoms with E-state index in [4.69, 9.17) is 0 Å². The number of aryl methyl sites for hydroxylation is 1. The van der Waals surface area contributed by atoms with Gasteiger partial charge in [0.25, 0.3) is 0 Å². The van der Waals surface area contributed by atoms with E-state index in [0.717, 1.165) is 30.3 Å². The van der Waals surface area contributed by atoms with Gasteiger partial charge in [0, 0.05) is 31.5 Å². The van der Waals surface area contributed by atoms with Gasteiger partial charge in [-0.25, -0.2) is 0 Å². The van der Waals surface area contributed by atoms with Gasteiger partial charge in [-0.2, -0.15) is 5.10 Å². The van der Waals surface area contributed by atoms with Gasteiger partial charge in [-0.3, -0.25) is 9.67 Å². The van der Waals surface area contributed by atoms with E-state index in [1.54, 1.807) is 0 Å². The first kappa shape index (κ1) is 16.2.